The van der Waals surface area contributed by atoms with Crippen LogP contribution in [0.2, 0.25) is 0 Å². The van der Waals surface area contributed by atoms with Gasteiger partial charge in [0, 0.05) is 22.6 Å². The second-order valence-corrected chi connectivity index (χ2v) is 6.37. The molecule has 22 heavy (non-hydrogen) atoms. The lowest BCUT2D eigenvalue weighted by Gasteiger charge is -2.19. The van der Waals surface area contributed by atoms with Crippen molar-refractivity contribution >= 4 is 15.9 Å². The summed E-state index contributed by atoms with van der Waals surface area (Å²) in [5.41, 5.74) is 2.50. The van der Waals surface area contributed by atoms with Crippen LogP contribution in [0.3, 0.4) is 0 Å². The lowest BCUT2D eigenvalue weighted by Crippen LogP contribution is -2.20. The number of benzene rings is 2. The topological polar surface area (TPSA) is 30.5 Å². The Labute approximate surface area is 139 Å². The number of hydrogen-bond donors (Lipinski definition) is 1. The fourth-order valence-corrected chi connectivity index (χ4v) is 3.08. The molecule has 0 fully saturated rings. The van der Waals surface area contributed by atoms with Gasteiger partial charge in [-0.15, -0.1) is 0 Å². The molecular formula is C18H20BrNO2. The Hall–Kier alpha value is -1.52. The van der Waals surface area contributed by atoms with E-state index >= 15 is 0 Å². The fourth-order valence-electron chi connectivity index (χ4n) is 2.74. The zero-order valence-corrected chi connectivity index (χ0v) is 14.2. The summed E-state index contributed by atoms with van der Waals surface area (Å²) in [4.78, 5) is 0. The van der Waals surface area contributed by atoms with E-state index in [1.54, 1.807) is 7.11 Å². The standard InChI is InChI=1S/C18H20BrNO2/c1-21-15-7-4-13(5-8-15)12-20-17-3-2-10-22-18-11-14(19)6-9-16(17)18/h4-9,11,17,20H,2-3,10,12H2,1H3. The average Bonchev–Trinajstić information content (AvgIpc) is 2.75. The highest BCUT2D eigenvalue weighted by Gasteiger charge is 2.19. The molecule has 0 amide bonds. The van der Waals surface area contributed by atoms with Crippen LogP contribution in [0.4, 0.5) is 0 Å². The van der Waals surface area contributed by atoms with E-state index in [9.17, 15) is 0 Å². The Balaban J connectivity index is 1.71. The first kappa shape index (κ1) is 15.4. The number of rotatable bonds is 4. The number of ether oxygens (including phenoxy) is 2. The number of halogens is 1. The number of nitrogens with one attached hydrogen (secondary N) is 1. The van der Waals surface area contributed by atoms with Crippen molar-refractivity contribution in [3.8, 4) is 11.5 Å². The lowest BCUT2D eigenvalue weighted by atomic mass is 10.0. The summed E-state index contributed by atoms with van der Waals surface area (Å²) in [6.45, 7) is 1.62. The molecule has 2 aromatic rings. The third-order valence-electron chi connectivity index (χ3n) is 3.96. The maximum absolute atomic E-state index is 5.86. The van der Waals surface area contributed by atoms with Gasteiger partial charge in [0.15, 0.2) is 0 Å². The highest BCUT2D eigenvalue weighted by molar-refractivity contribution is 9.10. The second kappa shape index (κ2) is 7.16. The van der Waals surface area contributed by atoms with Crippen molar-refractivity contribution in [1.82, 2.24) is 5.32 Å². The number of methoxy groups -OCH3 is 1. The molecule has 1 aliphatic rings. The maximum atomic E-state index is 5.86. The van der Waals surface area contributed by atoms with Crippen LogP contribution in [0.1, 0.15) is 30.0 Å². The van der Waals surface area contributed by atoms with E-state index in [-0.39, 0.29) is 0 Å². The molecule has 0 aliphatic carbocycles. The highest BCUT2D eigenvalue weighted by atomic mass is 79.9. The van der Waals surface area contributed by atoms with E-state index in [4.69, 9.17) is 9.47 Å². The van der Waals surface area contributed by atoms with Crippen molar-refractivity contribution in [1.29, 1.82) is 0 Å². The molecule has 1 unspecified atom stereocenters. The highest BCUT2D eigenvalue weighted by Crippen LogP contribution is 2.33. The molecule has 1 atom stereocenters. The number of fused-ring (bicyclic) bond motifs is 1. The summed E-state index contributed by atoms with van der Waals surface area (Å²) < 4.78 is 12.1. The van der Waals surface area contributed by atoms with Crippen LogP contribution >= 0.6 is 15.9 Å². The molecule has 1 heterocycles. The van der Waals surface area contributed by atoms with Gasteiger partial charge in [0.05, 0.1) is 13.7 Å². The molecule has 0 saturated carbocycles. The molecule has 1 aliphatic heterocycles. The summed E-state index contributed by atoms with van der Waals surface area (Å²) in [6.07, 6.45) is 2.15. The summed E-state index contributed by atoms with van der Waals surface area (Å²) in [6, 6.07) is 14.8. The molecule has 4 heteroatoms. The molecule has 0 bridgehead atoms. The monoisotopic (exact) mass is 361 g/mol. The van der Waals surface area contributed by atoms with E-state index in [2.05, 4.69) is 51.6 Å². The van der Waals surface area contributed by atoms with E-state index in [1.807, 2.05) is 12.1 Å². The Morgan fingerprint density at radius 1 is 1.23 bits per heavy atom. The number of hydrogen-bond acceptors (Lipinski definition) is 3. The van der Waals surface area contributed by atoms with Gasteiger partial charge in [0.1, 0.15) is 11.5 Å². The van der Waals surface area contributed by atoms with Gasteiger partial charge in [0.25, 0.3) is 0 Å². The molecule has 0 radical (unpaired) electrons. The van der Waals surface area contributed by atoms with Crippen LogP contribution in [-0.2, 0) is 6.54 Å². The Kier molecular flexibility index (Phi) is 5.01. The first-order valence-corrected chi connectivity index (χ1v) is 8.34. The van der Waals surface area contributed by atoms with E-state index in [0.717, 1.165) is 42.0 Å². The first-order chi connectivity index (χ1) is 10.8. The van der Waals surface area contributed by atoms with E-state index in [0.29, 0.717) is 6.04 Å². The van der Waals surface area contributed by atoms with Crippen LogP contribution in [0.15, 0.2) is 46.9 Å². The summed E-state index contributed by atoms with van der Waals surface area (Å²) in [7, 11) is 1.69. The molecule has 0 aromatic heterocycles. The average molecular weight is 362 g/mol. The van der Waals surface area contributed by atoms with Crippen LogP contribution in [0.5, 0.6) is 11.5 Å². The summed E-state index contributed by atoms with van der Waals surface area (Å²) in [5, 5.41) is 3.65. The zero-order valence-electron chi connectivity index (χ0n) is 12.6. The summed E-state index contributed by atoms with van der Waals surface area (Å²) in [5.74, 6) is 1.88. The second-order valence-electron chi connectivity index (χ2n) is 5.45. The lowest BCUT2D eigenvalue weighted by molar-refractivity contribution is 0.315. The molecule has 1 N–H and O–H groups in total. The third kappa shape index (κ3) is 3.62. The molecule has 2 aromatic carbocycles. The van der Waals surface area contributed by atoms with Gasteiger partial charge in [0.2, 0.25) is 0 Å². The molecule has 3 nitrogen and oxygen atoms in total. The largest absolute Gasteiger partial charge is 0.497 e. The minimum Gasteiger partial charge on any atom is -0.497 e. The van der Waals surface area contributed by atoms with Gasteiger partial charge < -0.3 is 14.8 Å². The quantitative estimate of drug-likeness (QED) is 0.871. The fraction of sp³-hybridized carbons (Fsp3) is 0.333. The molecule has 0 spiro atoms. The molecule has 3 rings (SSSR count). The van der Waals surface area contributed by atoms with Crippen LogP contribution < -0.4 is 14.8 Å². The van der Waals surface area contributed by atoms with Crippen molar-refractivity contribution in [3.63, 3.8) is 0 Å². The Bertz CT molecular complexity index is 627. The minimum atomic E-state index is 0.327. The molecular weight excluding hydrogens is 342 g/mol. The van der Waals surface area contributed by atoms with Gasteiger partial charge >= 0.3 is 0 Å². The Morgan fingerprint density at radius 3 is 2.82 bits per heavy atom. The predicted octanol–water partition coefficient (Wildman–Crippen LogP) is 4.46. The van der Waals surface area contributed by atoms with Crippen molar-refractivity contribution in [2.45, 2.75) is 25.4 Å². The van der Waals surface area contributed by atoms with Gasteiger partial charge in [-0.1, -0.05) is 34.1 Å². The van der Waals surface area contributed by atoms with E-state index in [1.165, 1.54) is 11.1 Å². The van der Waals surface area contributed by atoms with Crippen molar-refractivity contribution in [2.75, 3.05) is 13.7 Å². The van der Waals surface area contributed by atoms with E-state index < -0.39 is 0 Å². The van der Waals surface area contributed by atoms with Crippen molar-refractivity contribution in [3.05, 3.63) is 58.1 Å². The van der Waals surface area contributed by atoms with Crippen LogP contribution in [0, 0.1) is 0 Å². The first-order valence-electron chi connectivity index (χ1n) is 7.55. The molecule has 0 saturated heterocycles. The zero-order chi connectivity index (χ0) is 15.4. The van der Waals surface area contributed by atoms with Gasteiger partial charge in [-0.05, 0) is 42.7 Å². The SMILES string of the molecule is COc1ccc(CNC2CCCOc3cc(Br)ccc32)cc1. The van der Waals surface area contributed by atoms with Gasteiger partial charge in [-0.25, -0.2) is 0 Å². The molecule has 116 valence electrons. The Morgan fingerprint density at radius 2 is 2.05 bits per heavy atom. The third-order valence-corrected chi connectivity index (χ3v) is 4.45. The maximum Gasteiger partial charge on any atom is 0.125 e. The van der Waals surface area contributed by atoms with Gasteiger partial charge in [-0.2, -0.15) is 0 Å². The van der Waals surface area contributed by atoms with Crippen LogP contribution in [0.25, 0.3) is 0 Å². The summed E-state index contributed by atoms with van der Waals surface area (Å²) >= 11 is 3.51. The smallest absolute Gasteiger partial charge is 0.125 e. The minimum absolute atomic E-state index is 0.327. The van der Waals surface area contributed by atoms with Crippen LogP contribution in [-0.4, -0.2) is 13.7 Å². The van der Waals surface area contributed by atoms with Gasteiger partial charge in [-0.3, -0.25) is 0 Å². The van der Waals surface area contributed by atoms with Crippen molar-refractivity contribution < 1.29 is 9.47 Å². The predicted molar refractivity (Wildman–Crippen MR) is 91.4 cm³/mol. The van der Waals surface area contributed by atoms with Crippen molar-refractivity contribution in [2.24, 2.45) is 0 Å². The normalized spacial score (nSPS) is 17.3.